The molecule has 3 nitrogen and oxygen atoms in total. The first-order chi connectivity index (χ1) is 8.79. The van der Waals surface area contributed by atoms with Gasteiger partial charge in [0, 0.05) is 17.8 Å². The highest BCUT2D eigenvalue weighted by Crippen LogP contribution is 2.29. The molecule has 0 unspecified atom stereocenters. The van der Waals surface area contributed by atoms with Gasteiger partial charge in [-0.3, -0.25) is 0 Å². The molecule has 0 atom stereocenters. The number of nitrogens with zero attached hydrogens (tertiary/aromatic N) is 2. The van der Waals surface area contributed by atoms with Crippen molar-refractivity contribution >= 4 is 0 Å². The fourth-order valence-corrected chi connectivity index (χ4v) is 2.78. The van der Waals surface area contributed by atoms with Crippen molar-refractivity contribution in [2.45, 2.75) is 32.9 Å². The van der Waals surface area contributed by atoms with E-state index in [1.54, 1.807) is 0 Å². The van der Waals surface area contributed by atoms with Crippen molar-refractivity contribution in [3.63, 3.8) is 0 Å². The highest BCUT2D eigenvalue weighted by Gasteiger charge is 2.21. The van der Waals surface area contributed by atoms with Gasteiger partial charge in [0.15, 0.2) is 0 Å². The van der Waals surface area contributed by atoms with Gasteiger partial charge in [-0.05, 0) is 32.9 Å². The first-order valence-electron chi connectivity index (χ1n) is 6.59. The molecule has 3 rings (SSSR count). The Labute approximate surface area is 108 Å². The van der Waals surface area contributed by atoms with Crippen LogP contribution in [0.2, 0.25) is 0 Å². The zero-order valence-electron chi connectivity index (χ0n) is 11.0. The van der Waals surface area contributed by atoms with Crippen molar-refractivity contribution < 1.29 is 0 Å². The molecule has 0 radical (unpaired) electrons. The Morgan fingerprint density at radius 3 is 3.06 bits per heavy atom. The van der Waals surface area contributed by atoms with Crippen LogP contribution in [-0.2, 0) is 19.5 Å². The van der Waals surface area contributed by atoms with Crippen molar-refractivity contribution in [3.05, 3.63) is 41.3 Å². The summed E-state index contributed by atoms with van der Waals surface area (Å²) >= 11 is 0. The van der Waals surface area contributed by atoms with Crippen LogP contribution in [0.15, 0.2) is 24.3 Å². The van der Waals surface area contributed by atoms with Gasteiger partial charge in [-0.1, -0.05) is 23.8 Å². The van der Waals surface area contributed by atoms with E-state index in [4.69, 9.17) is 4.98 Å². The van der Waals surface area contributed by atoms with Crippen LogP contribution in [0.1, 0.15) is 23.5 Å². The molecular formula is C15H19N3. The van der Waals surface area contributed by atoms with Gasteiger partial charge in [-0.15, -0.1) is 0 Å². The number of rotatable bonds is 3. The number of hydrogen-bond donors (Lipinski definition) is 1. The molecule has 0 aliphatic carbocycles. The summed E-state index contributed by atoms with van der Waals surface area (Å²) in [5.41, 5.74) is 5.14. The highest BCUT2D eigenvalue weighted by molar-refractivity contribution is 5.63. The van der Waals surface area contributed by atoms with E-state index in [9.17, 15) is 0 Å². The second-order valence-corrected chi connectivity index (χ2v) is 4.98. The zero-order chi connectivity index (χ0) is 12.5. The highest BCUT2D eigenvalue weighted by atomic mass is 15.1. The predicted molar refractivity (Wildman–Crippen MR) is 73.5 cm³/mol. The van der Waals surface area contributed by atoms with Gasteiger partial charge in [0.25, 0.3) is 0 Å². The number of aryl methyl sites for hydroxylation is 1. The number of benzene rings is 1. The lowest BCUT2D eigenvalue weighted by atomic mass is 10.1. The number of fused-ring (bicyclic) bond motifs is 1. The third-order valence-electron chi connectivity index (χ3n) is 3.57. The number of nitrogens with one attached hydrogen (secondary N) is 1. The lowest BCUT2D eigenvalue weighted by Gasteiger charge is -2.02. The maximum absolute atomic E-state index is 4.83. The first kappa shape index (κ1) is 11.5. The number of aromatic nitrogens is 2. The summed E-state index contributed by atoms with van der Waals surface area (Å²) in [6.07, 6.45) is 2.40. The van der Waals surface area contributed by atoms with Gasteiger partial charge in [0.1, 0.15) is 5.82 Å². The zero-order valence-corrected chi connectivity index (χ0v) is 11.0. The Morgan fingerprint density at radius 1 is 1.39 bits per heavy atom. The van der Waals surface area contributed by atoms with E-state index in [0.717, 1.165) is 19.5 Å². The van der Waals surface area contributed by atoms with Crippen molar-refractivity contribution in [2.75, 3.05) is 7.05 Å². The van der Waals surface area contributed by atoms with Crippen LogP contribution < -0.4 is 5.32 Å². The normalized spacial score (nSPS) is 13.9. The molecule has 1 aromatic carbocycles. The second-order valence-electron chi connectivity index (χ2n) is 4.98. The minimum absolute atomic E-state index is 0.846. The third-order valence-corrected chi connectivity index (χ3v) is 3.57. The Morgan fingerprint density at radius 2 is 2.28 bits per heavy atom. The molecule has 0 amide bonds. The van der Waals surface area contributed by atoms with E-state index in [1.165, 1.54) is 34.8 Å². The summed E-state index contributed by atoms with van der Waals surface area (Å²) < 4.78 is 2.38. The molecule has 1 aromatic heterocycles. The lowest BCUT2D eigenvalue weighted by Crippen LogP contribution is -2.11. The molecule has 0 bridgehead atoms. The van der Waals surface area contributed by atoms with Crippen LogP contribution in [0.4, 0.5) is 0 Å². The van der Waals surface area contributed by atoms with Crippen molar-refractivity contribution in [3.8, 4) is 11.3 Å². The summed E-state index contributed by atoms with van der Waals surface area (Å²) in [6.45, 7) is 4.10. The minimum atomic E-state index is 0.846. The van der Waals surface area contributed by atoms with Crippen LogP contribution >= 0.6 is 0 Å². The quantitative estimate of drug-likeness (QED) is 0.895. The summed E-state index contributed by atoms with van der Waals surface area (Å²) in [7, 11) is 1.98. The van der Waals surface area contributed by atoms with Gasteiger partial charge in [-0.2, -0.15) is 0 Å². The molecular weight excluding hydrogens is 222 g/mol. The van der Waals surface area contributed by atoms with E-state index >= 15 is 0 Å². The molecule has 0 fully saturated rings. The Bertz CT molecular complexity index is 569. The van der Waals surface area contributed by atoms with Crippen molar-refractivity contribution in [1.29, 1.82) is 0 Å². The largest absolute Gasteiger partial charge is 0.330 e. The van der Waals surface area contributed by atoms with Crippen LogP contribution in [0.3, 0.4) is 0 Å². The molecule has 1 aliphatic rings. The number of imidazole rings is 1. The molecule has 94 valence electrons. The summed E-state index contributed by atoms with van der Waals surface area (Å²) in [6, 6.07) is 8.64. The average Bonchev–Trinajstić information content (AvgIpc) is 2.93. The van der Waals surface area contributed by atoms with E-state index in [-0.39, 0.29) is 0 Å². The second kappa shape index (κ2) is 4.58. The van der Waals surface area contributed by atoms with Crippen LogP contribution in [-0.4, -0.2) is 16.6 Å². The molecule has 18 heavy (non-hydrogen) atoms. The van der Waals surface area contributed by atoms with Gasteiger partial charge in [0.05, 0.1) is 12.2 Å². The molecule has 0 spiro atoms. The number of hydrogen-bond acceptors (Lipinski definition) is 2. The minimum Gasteiger partial charge on any atom is -0.330 e. The summed E-state index contributed by atoms with van der Waals surface area (Å²) in [5.74, 6) is 1.17. The van der Waals surface area contributed by atoms with Crippen LogP contribution in [0.5, 0.6) is 0 Å². The van der Waals surface area contributed by atoms with Crippen LogP contribution in [0, 0.1) is 6.92 Å². The predicted octanol–water partition coefficient (Wildman–Crippen LogP) is 2.52. The van der Waals surface area contributed by atoms with E-state index in [0.29, 0.717) is 0 Å². The lowest BCUT2D eigenvalue weighted by molar-refractivity contribution is 0.653. The topological polar surface area (TPSA) is 29.9 Å². The van der Waals surface area contributed by atoms with E-state index < -0.39 is 0 Å². The van der Waals surface area contributed by atoms with E-state index in [1.807, 2.05) is 7.05 Å². The molecule has 0 saturated heterocycles. The molecule has 1 N–H and O–H groups in total. The molecule has 0 saturated carbocycles. The summed E-state index contributed by atoms with van der Waals surface area (Å²) in [5, 5.41) is 3.21. The molecule has 1 aliphatic heterocycles. The summed E-state index contributed by atoms with van der Waals surface area (Å²) in [4.78, 5) is 4.83. The van der Waals surface area contributed by atoms with Gasteiger partial charge in [0.2, 0.25) is 0 Å². The van der Waals surface area contributed by atoms with Crippen molar-refractivity contribution in [1.82, 2.24) is 14.9 Å². The van der Waals surface area contributed by atoms with Crippen LogP contribution in [0.25, 0.3) is 11.3 Å². The van der Waals surface area contributed by atoms with Crippen molar-refractivity contribution in [2.24, 2.45) is 0 Å². The van der Waals surface area contributed by atoms with Gasteiger partial charge < -0.3 is 9.88 Å². The Kier molecular flexibility index (Phi) is 2.92. The van der Waals surface area contributed by atoms with E-state index in [2.05, 4.69) is 41.1 Å². The molecule has 3 heteroatoms. The molecule has 2 heterocycles. The average molecular weight is 241 g/mol. The fraction of sp³-hybridized carbons (Fsp3) is 0.400. The fourth-order valence-electron chi connectivity index (χ4n) is 2.78. The smallest absolute Gasteiger partial charge is 0.123 e. The Hall–Kier alpha value is -1.61. The monoisotopic (exact) mass is 241 g/mol. The Balaban J connectivity index is 2.10. The standard InChI is InChI=1S/C15H19N3/c1-11-5-3-6-12(9-11)15-13-7-4-8-18(13)14(17-15)10-16-2/h3,5-6,9,16H,4,7-8,10H2,1-2H3. The maximum Gasteiger partial charge on any atom is 0.123 e. The maximum atomic E-state index is 4.83. The van der Waals surface area contributed by atoms with Gasteiger partial charge in [-0.25, -0.2) is 4.98 Å². The van der Waals surface area contributed by atoms with Gasteiger partial charge >= 0.3 is 0 Å². The first-order valence-corrected chi connectivity index (χ1v) is 6.59. The molecule has 2 aromatic rings. The SMILES string of the molecule is CNCc1nc(-c2cccc(C)c2)c2n1CCC2. The third kappa shape index (κ3) is 1.85.